The topological polar surface area (TPSA) is 91.4 Å². The van der Waals surface area contributed by atoms with Crippen molar-refractivity contribution in [1.82, 2.24) is 4.90 Å². The average molecular weight is 486 g/mol. The molecule has 0 aromatic heterocycles. The summed E-state index contributed by atoms with van der Waals surface area (Å²) in [6.45, 7) is 10.3. The summed E-state index contributed by atoms with van der Waals surface area (Å²) in [5.74, 6) is 0. The molecule has 2 rings (SSSR count). The molecule has 0 bridgehead atoms. The number of carbonyl (C=O) groups excluding carboxylic acids is 1. The number of benzene rings is 1. The lowest BCUT2D eigenvalue weighted by Gasteiger charge is -2.33. The molecule has 0 N–H and O–H groups in total. The second kappa shape index (κ2) is 13.3. The fourth-order valence-electron chi connectivity index (χ4n) is 3.34. The lowest BCUT2D eigenvalue weighted by atomic mass is 10.1. The first-order chi connectivity index (χ1) is 15.6. The first-order valence-electron chi connectivity index (χ1n) is 11.7. The number of hydrogen-bond acceptors (Lipinski definition) is 7. The standard InChI is InChI=1S/C24H39NO7S/c1-20-8-10-22(11-9-20)33(27,28)31-19-18-29-16-6-5-7-17-30-21-12-14-25(15-13-21)23(26)32-24(2,3)4/h8-11,21H,5-7,12-19H2,1-4H3. The number of carbonyl (C=O) groups is 1. The molecule has 8 nitrogen and oxygen atoms in total. The fraction of sp³-hybridized carbons (Fsp3) is 0.708. The van der Waals surface area contributed by atoms with E-state index in [9.17, 15) is 13.2 Å². The van der Waals surface area contributed by atoms with Crippen LogP contribution in [0.1, 0.15) is 58.4 Å². The smallest absolute Gasteiger partial charge is 0.410 e. The summed E-state index contributed by atoms with van der Waals surface area (Å²) >= 11 is 0. The third-order valence-corrected chi connectivity index (χ3v) is 6.48. The SMILES string of the molecule is Cc1ccc(S(=O)(=O)OCCOCCCCCOC2CCN(C(=O)OC(C)(C)C)CC2)cc1. The molecule has 1 heterocycles. The van der Waals surface area contributed by atoms with E-state index in [1.54, 1.807) is 17.0 Å². The van der Waals surface area contributed by atoms with Crippen LogP contribution >= 0.6 is 0 Å². The van der Waals surface area contributed by atoms with E-state index in [0.29, 0.717) is 26.3 Å². The second-order valence-corrected chi connectivity index (χ2v) is 10.9. The van der Waals surface area contributed by atoms with Crippen molar-refractivity contribution in [3.8, 4) is 0 Å². The number of hydrogen-bond donors (Lipinski definition) is 0. The van der Waals surface area contributed by atoms with Gasteiger partial charge in [0.1, 0.15) is 5.60 Å². The lowest BCUT2D eigenvalue weighted by molar-refractivity contribution is -0.0124. The van der Waals surface area contributed by atoms with Gasteiger partial charge in [0.2, 0.25) is 0 Å². The number of nitrogens with zero attached hydrogens (tertiary/aromatic N) is 1. The van der Waals surface area contributed by atoms with Gasteiger partial charge in [-0.3, -0.25) is 4.18 Å². The highest BCUT2D eigenvalue weighted by molar-refractivity contribution is 7.86. The Bertz CT molecular complexity index is 810. The van der Waals surface area contributed by atoms with Gasteiger partial charge in [0, 0.05) is 26.3 Å². The quantitative estimate of drug-likeness (QED) is 0.322. The van der Waals surface area contributed by atoms with Crippen LogP contribution in [0, 0.1) is 6.92 Å². The van der Waals surface area contributed by atoms with Crippen molar-refractivity contribution in [2.75, 3.05) is 39.5 Å². The van der Waals surface area contributed by atoms with Gasteiger partial charge in [-0.05, 0) is 71.9 Å². The Kier molecular flexibility index (Phi) is 11.1. The van der Waals surface area contributed by atoms with Gasteiger partial charge < -0.3 is 19.1 Å². The minimum absolute atomic E-state index is 0.00130. The number of aryl methyl sites for hydroxylation is 1. The van der Waals surface area contributed by atoms with Crippen LogP contribution in [0.5, 0.6) is 0 Å². The van der Waals surface area contributed by atoms with E-state index in [-0.39, 0.29) is 30.3 Å². The number of unbranched alkanes of at least 4 members (excludes halogenated alkanes) is 2. The molecule has 1 amide bonds. The number of amides is 1. The molecule has 1 aliphatic rings. The first-order valence-corrected chi connectivity index (χ1v) is 13.1. The largest absolute Gasteiger partial charge is 0.444 e. The van der Waals surface area contributed by atoms with Crippen LogP contribution in [0.3, 0.4) is 0 Å². The predicted molar refractivity (Wildman–Crippen MR) is 126 cm³/mol. The number of piperidine rings is 1. The van der Waals surface area contributed by atoms with Crippen LogP contribution < -0.4 is 0 Å². The van der Waals surface area contributed by atoms with E-state index in [4.69, 9.17) is 18.4 Å². The third kappa shape index (κ3) is 10.9. The van der Waals surface area contributed by atoms with Crippen LogP contribution in [-0.2, 0) is 28.5 Å². The molecular formula is C24H39NO7S. The number of rotatable bonds is 12. The summed E-state index contributed by atoms with van der Waals surface area (Å²) in [5, 5.41) is 0. The maximum absolute atomic E-state index is 12.1. The van der Waals surface area contributed by atoms with Crippen molar-refractivity contribution in [2.24, 2.45) is 0 Å². The molecule has 1 saturated heterocycles. The molecule has 9 heteroatoms. The molecule has 0 radical (unpaired) electrons. The van der Waals surface area contributed by atoms with Crippen molar-refractivity contribution < 1.29 is 31.6 Å². The summed E-state index contributed by atoms with van der Waals surface area (Å²) < 4.78 is 46.0. The summed E-state index contributed by atoms with van der Waals surface area (Å²) in [5.41, 5.74) is 0.520. The third-order valence-electron chi connectivity index (χ3n) is 5.16. The minimum Gasteiger partial charge on any atom is -0.444 e. The van der Waals surface area contributed by atoms with E-state index < -0.39 is 15.7 Å². The van der Waals surface area contributed by atoms with Crippen molar-refractivity contribution in [3.63, 3.8) is 0 Å². The van der Waals surface area contributed by atoms with E-state index in [1.807, 2.05) is 27.7 Å². The first kappa shape index (κ1) is 27.6. The molecular weight excluding hydrogens is 446 g/mol. The highest BCUT2D eigenvalue weighted by atomic mass is 32.2. The molecule has 0 unspecified atom stereocenters. The van der Waals surface area contributed by atoms with Gasteiger partial charge in [0.25, 0.3) is 10.1 Å². The Morgan fingerprint density at radius 3 is 2.24 bits per heavy atom. The molecule has 1 fully saturated rings. The van der Waals surface area contributed by atoms with Gasteiger partial charge in [-0.25, -0.2) is 4.79 Å². The Labute approximate surface area is 198 Å². The molecule has 1 aliphatic heterocycles. The molecule has 0 saturated carbocycles. The normalized spacial score (nSPS) is 15.6. The Morgan fingerprint density at radius 2 is 1.61 bits per heavy atom. The zero-order chi connectivity index (χ0) is 24.3. The highest BCUT2D eigenvalue weighted by Gasteiger charge is 2.27. The molecule has 1 aromatic rings. The highest BCUT2D eigenvalue weighted by Crippen LogP contribution is 2.18. The van der Waals surface area contributed by atoms with Gasteiger partial charge >= 0.3 is 6.09 Å². The molecule has 0 atom stereocenters. The van der Waals surface area contributed by atoms with Crippen molar-refractivity contribution in [3.05, 3.63) is 29.8 Å². The summed E-state index contributed by atoms with van der Waals surface area (Å²) in [4.78, 5) is 14.0. The van der Waals surface area contributed by atoms with Crippen molar-refractivity contribution >= 4 is 16.2 Å². The van der Waals surface area contributed by atoms with Crippen LogP contribution in [0.15, 0.2) is 29.2 Å². The Morgan fingerprint density at radius 1 is 0.970 bits per heavy atom. The predicted octanol–water partition coefficient (Wildman–Crippen LogP) is 4.30. The Balaban J connectivity index is 1.45. The monoisotopic (exact) mass is 485 g/mol. The molecule has 0 aliphatic carbocycles. The fourth-order valence-corrected chi connectivity index (χ4v) is 4.24. The van der Waals surface area contributed by atoms with Crippen LogP contribution in [0.2, 0.25) is 0 Å². The van der Waals surface area contributed by atoms with Gasteiger partial charge in [0.05, 0.1) is 24.2 Å². The number of ether oxygens (including phenoxy) is 3. The average Bonchev–Trinajstić information content (AvgIpc) is 2.74. The van der Waals surface area contributed by atoms with Crippen LogP contribution in [0.25, 0.3) is 0 Å². The van der Waals surface area contributed by atoms with E-state index in [0.717, 1.165) is 37.7 Å². The number of likely N-dealkylation sites (tertiary alicyclic amines) is 1. The molecule has 188 valence electrons. The maximum atomic E-state index is 12.1. The second-order valence-electron chi connectivity index (χ2n) is 9.30. The van der Waals surface area contributed by atoms with Gasteiger partial charge in [-0.1, -0.05) is 17.7 Å². The molecule has 0 spiro atoms. The minimum atomic E-state index is -3.73. The van der Waals surface area contributed by atoms with Crippen LogP contribution in [-0.4, -0.2) is 70.6 Å². The van der Waals surface area contributed by atoms with Crippen molar-refractivity contribution in [1.29, 1.82) is 0 Å². The Hall–Kier alpha value is -1.68. The maximum Gasteiger partial charge on any atom is 0.410 e. The van der Waals surface area contributed by atoms with Gasteiger partial charge in [-0.15, -0.1) is 0 Å². The van der Waals surface area contributed by atoms with E-state index in [1.165, 1.54) is 12.1 Å². The van der Waals surface area contributed by atoms with Gasteiger partial charge in [0.15, 0.2) is 0 Å². The van der Waals surface area contributed by atoms with Crippen LogP contribution in [0.4, 0.5) is 4.79 Å². The zero-order valence-corrected chi connectivity index (χ0v) is 21.2. The lowest BCUT2D eigenvalue weighted by Crippen LogP contribution is -2.43. The summed E-state index contributed by atoms with van der Waals surface area (Å²) in [7, 11) is -3.73. The van der Waals surface area contributed by atoms with Crippen molar-refractivity contribution in [2.45, 2.75) is 76.4 Å². The molecule has 33 heavy (non-hydrogen) atoms. The van der Waals surface area contributed by atoms with Gasteiger partial charge in [-0.2, -0.15) is 8.42 Å². The zero-order valence-electron chi connectivity index (χ0n) is 20.4. The molecule has 1 aromatic carbocycles. The van der Waals surface area contributed by atoms with E-state index in [2.05, 4.69) is 0 Å². The summed E-state index contributed by atoms with van der Waals surface area (Å²) in [6.07, 6.45) is 4.38. The summed E-state index contributed by atoms with van der Waals surface area (Å²) in [6, 6.07) is 6.56. The van der Waals surface area contributed by atoms with E-state index >= 15 is 0 Å².